The van der Waals surface area contributed by atoms with Crippen molar-refractivity contribution in [2.75, 3.05) is 18.0 Å². The van der Waals surface area contributed by atoms with Crippen LogP contribution in [0.1, 0.15) is 46.4 Å². The number of nitrogens with zero attached hydrogens (tertiary/aromatic N) is 2. The number of hydrogen-bond acceptors (Lipinski definition) is 5. The van der Waals surface area contributed by atoms with Gasteiger partial charge in [-0.25, -0.2) is 4.98 Å². The van der Waals surface area contributed by atoms with Crippen LogP contribution in [-0.4, -0.2) is 36.2 Å². The van der Waals surface area contributed by atoms with E-state index in [0.29, 0.717) is 6.54 Å². The van der Waals surface area contributed by atoms with Gasteiger partial charge in [-0.1, -0.05) is 13.0 Å². The molecule has 1 aliphatic rings. The van der Waals surface area contributed by atoms with E-state index in [0.717, 1.165) is 35.8 Å². The molecule has 2 atom stereocenters. The van der Waals surface area contributed by atoms with Gasteiger partial charge in [-0.3, -0.25) is 4.79 Å². The van der Waals surface area contributed by atoms with Crippen LogP contribution in [0.4, 0.5) is 5.82 Å². The highest BCUT2D eigenvalue weighted by molar-refractivity contribution is 7.14. The molecular formula is C20H27N3O2S. The van der Waals surface area contributed by atoms with Gasteiger partial charge in [0.2, 0.25) is 0 Å². The van der Waals surface area contributed by atoms with E-state index < -0.39 is 0 Å². The monoisotopic (exact) mass is 373 g/mol. The first-order valence-corrected chi connectivity index (χ1v) is 10.0. The van der Waals surface area contributed by atoms with Crippen LogP contribution in [0.15, 0.2) is 24.4 Å². The van der Waals surface area contributed by atoms with Crippen LogP contribution in [0.3, 0.4) is 0 Å². The highest BCUT2D eigenvalue weighted by atomic mass is 32.1. The summed E-state index contributed by atoms with van der Waals surface area (Å²) in [6.45, 7) is 10.5. The zero-order valence-electron chi connectivity index (χ0n) is 15.9. The zero-order valence-corrected chi connectivity index (χ0v) is 16.7. The number of morpholine rings is 1. The number of pyridine rings is 1. The van der Waals surface area contributed by atoms with Gasteiger partial charge in [0.05, 0.1) is 17.1 Å². The number of aromatic nitrogens is 1. The lowest BCUT2D eigenvalue weighted by atomic mass is 10.2. The fourth-order valence-corrected chi connectivity index (χ4v) is 4.36. The summed E-state index contributed by atoms with van der Waals surface area (Å²) < 4.78 is 5.77. The second kappa shape index (κ2) is 8.18. The summed E-state index contributed by atoms with van der Waals surface area (Å²) >= 11 is 1.58. The van der Waals surface area contributed by atoms with Crippen LogP contribution < -0.4 is 10.2 Å². The van der Waals surface area contributed by atoms with Gasteiger partial charge in [0.1, 0.15) is 5.82 Å². The molecule has 1 amide bonds. The molecule has 3 heterocycles. The number of amides is 1. The third kappa shape index (κ3) is 4.43. The Morgan fingerprint density at radius 2 is 2.08 bits per heavy atom. The first kappa shape index (κ1) is 18.9. The molecule has 0 radical (unpaired) electrons. The lowest BCUT2D eigenvalue weighted by Gasteiger charge is -2.36. The molecule has 0 aliphatic carbocycles. The lowest BCUT2D eigenvalue weighted by molar-refractivity contribution is -0.00546. The average Bonchev–Trinajstić information content (AvgIpc) is 3.00. The topological polar surface area (TPSA) is 54.5 Å². The minimum Gasteiger partial charge on any atom is -0.372 e. The lowest BCUT2D eigenvalue weighted by Crippen LogP contribution is -2.45. The Morgan fingerprint density at radius 1 is 1.35 bits per heavy atom. The number of hydrogen-bond donors (Lipinski definition) is 1. The molecule has 0 unspecified atom stereocenters. The van der Waals surface area contributed by atoms with E-state index in [9.17, 15) is 4.79 Å². The summed E-state index contributed by atoms with van der Waals surface area (Å²) in [6.07, 6.45) is 3.23. The first-order valence-electron chi connectivity index (χ1n) is 9.19. The van der Waals surface area contributed by atoms with Crippen molar-refractivity contribution in [3.63, 3.8) is 0 Å². The quantitative estimate of drug-likeness (QED) is 0.871. The summed E-state index contributed by atoms with van der Waals surface area (Å²) in [7, 11) is 0. The van der Waals surface area contributed by atoms with Gasteiger partial charge >= 0.3 is 0 Å². The second-order valence-corrected chi connectivity index (χ2v) is 8.08. The number of carbonyl (C=O) groups is 1. The van der Waals surface area contributed by atoms with E-state index in [1.165, 1.54) is 10.4 Å². The van der Waals surface area contributed by atoms with Crippen molar-refractivity contribution in [2.24, 2.45) is 0 Å². The molecule has 1 fully saturated rings. The van der Waals surface area contributed by atoms with E-state index in [2.05, 4.69) is 42.9 Å². The Labute approximate surface area is 159 Å². The number of ether oxygens (including phenoxy) is 1. The fourth-order valence-electron chi connectivity index (χ4n) is 3.33. The molecule has 1 N–H and O–H groups in total. The van der Waals surface area contributed by atoms with Gasteiger partial charge in [0.15, 0.2) is 0 Å². The summed E-state index contributed by atoms with van der Waals surface area (Å²) in [5.41, 5.74) is 2.20. The van der Waals surface area contributed by atoms with Crippen LogP contribution in [0.2, 0.25) is 0 Å². The smallest absolute Gasteiger partial charge is 0.261 e. The molecule has 1 aliphatic heterocycles. The molecule has 140 valence electrons. The Kier molecular flexibility index (Phi) is 5.94. The molecule has 1 saturated heterocycles. The van der Waals surface area contributed by atoms with E-state index in [-0.39, 0.29) is 18.1 Å². The molecule has 26 heavy (non-hydrogen) atoms. The van der Waals surface area contributed by atoms with E-state index in [1.807, 2.05) is 24.4 Å². The summed E-state index contributed by atoms with van der Waals surface area (Å²) in [4.78, 5) is 21.2. The maximum absolute atomic E-state index is 12.3. The number of carbonyl (C=O) groups excluding carboxylic acids is 1. The van der Waals surface area contributed by atoms with Crippen LogP contribution in [0, 0.1) is 6.92 Å². The number of nitrogens with one attached hydrogen (secondary N) is 1. The van der Waals surface area contributed by atoms with Crippen molar-refractivity contribution in [1.29, 1.82) is 0 Å². The van der Waals surface area contributed by atoms with Crippen molar-refractivity contribution in [3.8, 4) is 0 Å². The standard InChI is InChI=1S/C20H27N3O2S/c1-5-17-13(2)8-18(26-17)20(24)22-10-16-6-7-19(21-9-16)23-11-14(3)25-15(4)12-23/h6-9,14-15H,5,10-12H2,1-4H3,(H,22,24)/t14-,15-/m1/s1. The minimum atomic E-state index is -0.0160. The normalized spacial score (nSPS) is 20.2. The van der Waals surface area contributed by atoms with E-state index >= 15 is 0 Å². The van der Waals surface area contributed by atoms with Crippen molar-refractivity contribution in [3.05, 3.63) is 45.3 Å². The summed E-state index contributed by atoms with van der Waals surface area (Å²) in [5, 5.41) is 2.99. The van der Waals surface area contributed by atoms with Crippen molar-refractivity contribution in [2.45, 2.75) is 52.9 Å². The third-order valence-corrected chi connectivity index (χ3v) is 5.95. The predicted molar refractivity (Wildman–Crippen MR) is 106 cm³/mol. The number of anilines is 1. The largest absolute Gasteiger partial charge is 0.372 e. The van der Waals surface area contributed by atoms with E-state index in [1.54, 1.807) is 11.3 Å². The second-order valence-electron chi connectivity index (χ2n) is 6.94. The van der Waals surface area contributed by atoms with Crippen LogP contribution in [0.25, 0.3) is 0 Å². The molecule has 2 aromatic heterocycles. The maximum atomic E-state index is 12.3. The minimum absolute atomic E-state index is 0.0160. The third-order valence-electron chi connectivity index (χ3n) is 4.57. The van der Waals surface area contributed by atoms with Gasteiger partial charge in [0, 0.05) is 30.7 Å². The van der Waals surface area contributed by atoms with Gasteiger partial charge < -0.3 is 15.0 Å². The summed E-state index contributed by atoms with van der Waals surface area (Å²) in [5.74, 6) is 0.946. The predicted octanol–water partition coefficient (Wildman–Crippen LogP) is 3.56. The van der Waals surface area contributed by atoms with Crippen molar-refractivity contribution >= 4 is 23.1 Å². The van der Waals surface area contributed by atoms with Gasteiger partial charge in [-0.2, -0.15) is 0 Å². The fraction of sp³-hybridized carbons (Fsp3) is 0.500. The molecule has 0 bridgehead atoms. The number of thiophene rings is 1. The Balaban J connectivity index is 1.58. The molecule has 6 heteroatoms. The Hall–Kier alpha value is -1.92. The molecule has 3 rings (SSSR count). The Morgan fingerprint density at radius 3 is 2.65 bits per heavy atom. The van der Waals surface area contributed by atoms with E-state index in [4.69, 9.17) is 4.74 Å². The van der Waals surface area contributed by atoms with Crippen molar-refractivity contribution < 1.29 is 9.53 Å². The Bertz CT molecular complexity index is 747. The number of aryl methyl sites for hydroxylation is 2. The van der Waals surface area contributed by atoms with Crippen LogP contribution >= 0.6 is 11.3 Å². The SMILES string of the molecule is CCc1sc(C(=O)NCc2ccc(N3C[C@@H](C)O[C@H](C)C3)nc2)cc1C. The summed E-state index contributed by atoms with van der Waals surface area (Å²) in [6, 6.07) is 6.03. The molecule has 5 nitrogen and oxygen atoms in total. The average molecular weight is 374 g/mol. The van der Waals surface area contributed by atoms with Crippen LogP contribution in [-0.2, 0) is 17.7 Å². The van der Waals surface area contributed by atoms with Crippen molar-refractivity contribution in [1.82, 2.24) is 10.3 Å². The number of rotatable bonds is 5. The zero-order chi connectivity index (χ0) is 18.7. The molecule has 0 saturated carbocycles. The molecule has 0 spiro atoms. The maximum Gasteiger partial charge on any atom is 0.261 e. The van der Waals surface area contributed by atoms with Gasteiger partial charge in [-0.15, -0.1) is 11.3 Å². The highest BCUT2D eigenvalue weighted by Crippen LogP contribution is 2.22. The van der Waals surface area contributed by atoms with Gasteiger partial charge in [-0.05, 0) is 50.5 Å². The molecule has 2 aromatic rings. The highest BCUT2D eigenvalue weighted by Gasteiger charge is 2.23. The molecule has 0 aromatic carbocycles. The van der Waals surface area contributed by atoms with Gasteiger partial charge in [0.25, 0.3) is 5.91 Å². The first-order chi connectivity index (χ1) is 12.5. The molecular weight excluding hydrogens is 346 g/mol. The van der Waals surface area contributed by atoms with Crippen LogP contribution in [0.5, 0.6) is 0 Å².